The molecule has 0 aromatic carbocycles. The number of aromatic nitrogens is 5. The van der Waals surface area contributed by atoms with E-state index in [0.717, 1.165) is 30.7 Å². The molecule has 3 aromatic heterocycles. The zero-order valence-corrected chi connectivity index (χ0v) is 16.2. The second kappa shape index (κ2) is 7.06. The predicted octanol–water partition coefficient (Wildman–Crippen LogP) is 2.85. The number of nitrogens with one attached hydrogen (secondary N) is 1. The Labute approximate surface area is 167 Å². The van der Waals surface area contributed by atoms with Crippen LogP contribution in [0.3, 0.4) is 0 Å². The molecule has 150 valence electrons. The Kier molecular flexibility index (Phi) is 4.37. The third-order valence-electron chi connectivity index (χ3n) is 5.59. The number of anilines is 2. The molecule has 3 aromatic rings. The number of fused-ring (bicyclic) bond motifs is 1. The first-order chi connectivity index (χ1) is 14.0. The number of imidazole rings is 1. The van der Waals surface area contributed by atoms with E-state index in [1.54, 1.807) is 19.3 Å². The van der Waals surface area contributed by atoms with Gasteiger partial charge in [-0.25, -0.2) is 15.0 Å². The van der Waals surface area contributed by atoms with Crippen molar-refractivity contribution in [2.45, 2.75) is 32.6 Å². The molecule has 1 N–H and O–H groups in total. The maximum Gasteiger partial charge on any atom is 0.277 e. The lowest BCUT2D eigenvalue weighted by Gasteiger charge is -2.40. The van der Waals surface area contributed by atoms with E-state index in [1.165, 1.54) is 42.5 Å². The first-order valence-electron chi connectivity index (χ1n) is 9.95. The zero-order valence-electron chi connectivity index (χ0n) is 16.2. The number of nitrogens with zero attached hydrogens (tertiary/aromatic N) is 6. The van der Waals surface area contributed by atoms with Gasteiger partial charge in [0, 0.05) is 19.3 Å². The van der Waals surface area contributed by atoms with Crippen LogP contribution in [0.25, 0.3) is 5.65 Å². The third-order valence-corrected chi connectivity index (χ3v) is 5.59. The summed E-state index contributed by atoms with van der Waals surface area (Å²) in [6, 6.07) is 0. The molecule has 2 aliphatic rings. The molecule has 0 atom stereocenters. The van der Waals surface area contributed by atoms with Crippen LogP contribution >= 0.6 is 0 Å². The van der Waals surface area contributed by atoms with Crippen molar-refractivity contribution in [3.05, 3.63) is 42.1 Å². The average Bonchev–Trinajstić information content (AvgIpc) is 3.41. The molecule has 1 amide bonds. The van der Waals surface area contributed by atoms with Crippen LogP contribution in [-0.2, 0) is 0 Å². The van der Waals surface area contributed by atoms with Crippen LogP contribution in [0.5, 0.6) is 0 Å². The van der Waals surface area contributed by atoms with Crippen LogP contribution in [0.15, 0.2) is 24.8 Å². The number of amides is 1. The van der Waals surface area contributed by atoms with Crippen molar-refractivity contribution in [1.82, 2.24) is 24.3 Å². The van der Waals surface area contributed by atoms with Gasteiger partial charge in [0.1, 0.15) is 11.5 Å². The van der Waals surface area contributed by atoms with Crippen LogP contribution in [0.4, 0.5) is 16.0 Å². The van der Waals surface area contributed by atoms with Gasteiger partial charge in [-0.15, -0.1) is 0 Å². The summed E-state index contributed by atoms with van der Waals surface area (Å²) in [6.07, 6.45) is 11.7. The molecule has 1 aliphatic heterocycles. The summed E-state index contributed by atoms with van der Waals surface area (Å²) in [5.41, 5.74) is 0.940. The number of carbonyl (C=O) groups excluding carboxylic acids is 1. The van der Waals surface area contributed by atoms with Crippen molar-refractivity contribution in [3.63, 3.8) is 0 Å². The van der Waals surface area contributed by atoms with Gasteiger partial charge in [0.15, 0.2) is 11.5 Å². The van der Waals surface area contributed by atoms with Crippen molar-refractivity contribution in [2.75, 3.05) is 23.3 Å². The molecule has 1 aliphatic carbocycles. The van der Waals surface area contributed by atoms with Gasteiger partial charge in [0.05, 0.1) is 24.3 Å². The number of hydrogen-bond acceptors (Lipinski definition) is 6. The van der Waals surface area contributed by atoms with Gasteiger partial charge in [-0.3, -0.25) is 9.20 Å². The molecule has 0 bridgehead atoms. The minimum absolute atomic E-state index is 0.0875. The van der Waals surface area contributed by atoms with E-state index in [4.69, 9.17) is 0 Å². The third kappa shape index (κ3) is 3.76. The standard InChI is InChI=1S/C20H22FN7O/c1-12-8-28-11-16(25-18(21)19(28)24-12)26-20(29)15-6-23-17(7-22-15)27-9-14(10-27)5-4-13-2-3-13/h6-8,11,13-14H,2-5,9-10H2,1H3,(H,26,29). The van der Waals surface area contributed by atoms with E-state index < -0.39 is 11.9 Å². The smallest absolute Gasteiger partial charge is 0.277 e. The highest BCUT2D eigenvalue weighted by Gasteiger charge is 2.30. The highest BCUT2D eigenvalue weighted by atomic mass is 19.1. The summed E-state index contributed by atoms with van der Waals surface area (Å²) in [5, 5.41) is 2.56. The molecule has 8 nitrogen and oxygen atoms in total. The Morgan fingerprint density at radius 3 is 2.66 bits per heavy atom. The van der Waals surface area contributed by atoms with Gasteiger partial charge in [0.25, 0.3) is 11.9 Å². The van der Waals surface area contributed by atoms with Crippen molar-refractivity contribution >= 4 is 23.2 Å². The Bertz CT molecular complexity index is 1050. The largest absolute Gasteiger partial charge is 0.355 e. The minimum atomic E-state index is -0.744. The SMILES string of the molecule is Cc1cn2cc(NC(=O)c3cnc(N4CC(CCC5CC5)C4)cn3)nc(F)c2n1. The lowest BCUT2D eigenvalue weighted by atomic mass is 9.93. The van der Waals surface area contributed by atoms with Crippen molar-refractivity contribution in [1.29, 1.82) is 0 Å². The molecule has 0 radical (unpaired) electrons. The summed E-state index contributed by atoms with van der Waals surface area (Å²) in [4.78, 5) is 31.0. The summed E-state index contributed by atoms with van der Waals surface area (Å²) in [6.45, 7) is 3.76. The highest BCUT2D eigenvalue weighted by molar-refractivity contribution is 6.02. The minimum Gasteiger partial charge on any atom is -0.355 e. The average molecular weight is 395 g/mol. The van der Waals surface area contributed by atoms with Crippen LogP contribution in [0, 0.1) is 24.7 Å². The van der Waals surface area contributed by atoms with Gasteiger partial charge in [0.2, 0.25) is 0 Å². The lowest BCUT2D eigenvalue weighted by Crippen LogP contribution is -2.47. The van der Waals surface area contributed by atoms with Crippen molar-refractivity contribution in [2.24, 2.45) is 11.8 Å². The molecule has 29 heavy (non-hydrogen) atoms. The molecule has 0 spiro atoms. The zero-order chi connectivity index (χ0) is 20.0. The first-order valence-corrected chi connectivity index (χ1v) is 9.95. The molecule has 2 fully saturated rings. The summed E-state index contributed by atoms with van der Waals surface area (Å²) in [5.74, 6) is 1.35. The Balaban J connectivity index is 1.20. The summed E-state index contributed by atoms with van der Waals surface area (Å²) >= 11 is 0. The van der Waals surface area contributed by atoms with Crippen LogP contribution < -0.4 is 10.2 Å². The van der Waals surface area contributed by atoms with E-state index in [9.17, 15) is 9.18 Å². The highest BCUT2D eigenvalue weighted by Crippen LogP contribution is 2.36. The van der Waals surface area contributed by atoms with Gasteiger partial charge in [-0.2, -0.15) is 9.37 Å². The van der Waals surface area contributed by atoms with E-state index in [0.29, 0.717) is 5.69 Å². The molecule has 5 rings (SSSR count). The maximum atomic E-state index is 14.1. The Morgan fingerprint density at radius 2 is 1.93 bits per heavy atom. The molecule has 4 heterocycles. The van der Waals surface area contributed by atoms with Gasteiger partial charge in [-0.05, 0) is 25.2 Å². The number of carbonyl (C=O) groups is 1. The number of hydrogen-bond donors (Lipinski definition) is 1. The molecular weight excluding hydrogens is 373 g/mol. The lowest BCUT2D eigenvalue weighted by molar-refractivity contribution is 0.102. The first kappa shape index (κ1) is 18.0. The van der Waals surface area contributed by atoms with E-state index in [-0.39, 0.29) is 17.2 Å². The Morgan fingerprint density at radius 1 is 1.14 bits per heavy atom. The van der Waals surface area contributed by atoms with E-state index in [1.807, 2.05) is 0 Å². The van der Waals surface area contributed by atoms with E-state index in [2.05, 4.69) is 30.2 Å². The molecule has 1 saturated carbocycles. The number of halogens is 1. The van der Waals surface area contributed by atoms with Crippen molar-refractivity contribution < 1.29 is 9.18 Å². The van der Waals surface area contributed by atoms with Crippen LogP contribution in [-0.4, -0.2) is 43.3 Å². The van der Waals surface area contributed by atoms with Crippen LogP contribution in [0.2, 0.25) is 0 Å². The summed E-state index contributed by atoms with van der Waals surface area (Å²) in [7, 11) is 0. The van der Waals surface area contributed by atoms with Gasteiger partial charge in [-0.1, -0.05) is 19.3 Å². The fourth-order valence-corrected chi connectivity index (χ4v) is 3.74. The fraction of sp³-hybridized carbons (Fsp3) is 0.450. The molecule has 1 saturated heterocycles. The number of aryl methyl sites for hydroxylation is 1. The van der Waals surface area contributed by atoms with Crippen molar-refractivity contribution in [3.8, 4) is 0 Å². The number of rotatable bonds is 6. The fourth-order valence-electron chi connectivity index (χ4n) is 3.74. The second-order valence-electron chi connectivity index (χ2n) is 8.04. The monoisotopic (exact) mass is 395 g/mol. The van der Waals surface area contributed by atoms with Gasteiger partial charge < -0.3 is 10.2 Å². The Hall–Kier alpha value is -3.10. The van der Waals surface area contributed by atoms with Crippen LogP contribution in [0.1, 0.15) is 41.9 Å². The summed E-state index contributed by atoms with van der Waals surface area (Å²) < 4.78 is 15.5. The maximum absolute atomic E-state index is 14.1. The molecule has 9 heteroatoms. The predicted molar refractivity (Wildman–Crippen MR) is 105 cm³/mol. The quantitative estimate of drug-likeness (QED) is 0.690. The molecule has 0 unspecified atom stereocenters. The molecular formula is C20H22FN7O. The van der Waals surface area contributed by atoms with Gasteiger partial charge >= 0.3 is 0 Å². The normalized spacial score (nSPS) is 16.8. The second-order valence-corrected chi connectivity index (χ2v) is 8.04. The topological polar surface area (TPSA) is 88.3 Å². The van der Waals surface area contributed by atoms with E-state index >= 15 is 0 Å².